The Balaban J connectivity index is 1.28. The third-order valence-corrected chi connectivity index (χ3v) is 7.12. The van der Waals surface area contributed by atoms with Crippen LogP contribution in [0.4, 0.5) is 8.78 Å². The van der Waals surface area contributed by atoms with E-state index in [1.165, 1.54) is 23.5 Å². The van der Waals surface area contributed by atoms with Gasteiger partial charge in [0.05, 0.1) is 4.70 Å². The minimum atomic E-state index is -0.401. The number of rotatable bonds is 5. The summed E-state index contributed by atoms with van der Waals surface area (Å²) in [7, 11) is 0. The van der Waals surface area contributed by atoms with E-state index in [2.05, 4.69) is 15.2 Å². The molecule has 0 saturated carbocycles. The quantitative estimate of drug-likeness (QED) is 0.603. The fourth-order valence-corrected chi connectivity index (χ4v) is 5.74. The van der Waals surface area contributed by atoms with Crippen LogP contribution in [0.1, 0.15) is 38.2 Å². The van der Waals surface area contributed by atoms with Gasteiger partial charge in [0.15, 0.2) is 0 Å². The van der Waals surface area contributed by atoms with E-state index in [1.807, 2.05) is 0 Å². The highest BCUT2D eigenvalue weighted by Crippen LogP contribution is 2.38. The van der Waals surface area contributed by atoms with Crippen molar-refractivity contribution in [2.45, 2.75) is 57.3 Å². The number of aromatic nitrogens is 1. The molecule has 3 aromatic rings. The van der Waals surface area contributed by atoms with Crippen molar-refractivity contribution in [1.82, 2.24) is 15.2 Å². The number of piperidine rings is 1. The van der Waals surface area contributed by atoms with Gasteiger partial charge in [-0.25, -0.2) is 8.78 Å². The zero-order chi connectivity index (χ0) is 21.5. The first-order valence-corrected chi connectivity index (χ1v) is 11.3. The summed E-state index contributed by atoms with van der Waals surface area (Å²) >= 11 is 1.22. The third kappa shape index (κ3) is 4.14. The number of para-hydroxylation sites is 1. The monoisotopic (exact) mass is 443 g/mol. The van der Waals surface area contributed by atoms with Crippen LogP contribution in [-0.2, 0) is 11.3 Å². The summed E-state index contributed by atoms with van der Waals surface area (Å²) in [5, 5.41) is 3.32. The van der Waals surface area contributed by atoms with Crippen molar-refractivity contribution in [3.63, 3.8) is 0 Å². The number of nitrogens with one attached hydrogen (secondary N) is 1. The molecule has 0 radical (unpaired) electrons. The van der Waals surface area contributed by atoms with Crippen LogP contribution in [0.25, 0.3) is 10.2 Å². The molecule has 31 heavy (non-hydrogen) atoms. The molecular weight excluding hydrogens is 420 g/mol. The van der Waals surface area contributed by atoms with Crippen LogP contribution in [0.2, 0.25) is 0 Å². The van der Waals surface area contributed by atoms with Crippen LogP contribution in [0, 0.1) is 11.6 Å². The Morgan fingerprint density at radius 2 is 1.97 bits per heavy atom. The number of amides is 1. The van der Waals surface area contributed by atoms with Gasteiger partial charge in [-0.3, -0.25) is 9.69 Å². The highest BCUT2D eigenvalue weighted by molar-refractivity contribution is 7.20. The fraction of sp³-hybridized carbons (Fsp3) is 0.391. The summed E-state index contributed by atoms with van der Waals surface area (Å²) in [6.07, 6.45) is 3.98. The molecule has 2 saturated heterocycles. The Morgan fingerprint density at radius 1 is 1.19 bits per heavy atom. The summed E-state index contributed by atoms with van der Waals surface area (Å²) in [5.74, 6) is -0.376. The number of carbonyl (C=O) groups is 1. The van der Waals surface area contributed by atoms with Crippen LogP contribution in [0.5, 0.6) is 10.9 Å². The third-order valence-electron chi connectivity index (χ3n) is 6.22. The van der Waals surface area contributed by atoms with Crippen molar-refractivity contribution in [3.05, 3.63) is 53.6 Å². The van der Waals surface area contributed by atoms with Crippen LogP contribution in [0.3, 0.4) is 0 Å². The first kappa shape index (κ1) is 20.3. The Kier molecular flexibility index (Phi) is 5.35. The van der Waals surface area contributed by atoms with Gasteiger partial charge in [-0.2, -0.15) is 4.98 Å². The van der Waals surface area contributed by atoms with Crippen LogP contribution < -0.4 is 10.1 Å². The van der Waals surface area contributed by atoms with Gasteiger partial charge in [0.2, 0.25) is 5.91 Å². The van der Waals surface area contributed by atoms with Gasteiger partial charge in [0.1, 0.15) is 22.9 Å². The molecule has 2 bridgehead atoms. The SMILES string of the molecule is CC(=O)NC1CC2CCC(C1)N2Cc1ccc(Oc2nc3c(F)cccc3s2)cc1F. The highest BCUT2D eigenvalue weighted by atomic mass is 32.1. The number of benzene rings is 2. The number of halogens is 2. The summed E-state index contributed by atoms with van der Waals surface area (Å²) in [5.41, 5.74) is 0.885. The van der Waals surface area contributed by atoms with E-state index >= 15 is 0 Å². The number of hydrogen-bond donors (Lipinski definition) is 1. The molecule has 5 nitrogen and oxygen atoms in total. The number of ether oxygens (including phenoxy) is 1. The molecule has 2 unspecified atom stereocenters. The minimum Gasteiger partial charge on any atom is -0.431 e. The van der Waals surface area contributed by atoms with E-state index < -0.39 is 5.82 Å². The maximum absolute atomic E-state index is 14.9. The second-order valence-electron chi connectivity index (χ2n) is 8.35. The zero-order valence-electron chi connectivity index (χ0n) is 17.1. The van der Waals surface area contributed by atoms with E-state index in [-0.39, 0.29) is 28.5 Å². The van der Waals surface area contributed by atoms with Crippen molar-refractivity contribution in [3.8, 4) is 10.9 Å². The molecule has 1 N–H and O–H groups in total. The number of thiazole rings is 1. The summed E-state index contributed by atoms with van der Waals surface area (Å²) in [6.45, 7) is 2.10. The van der Waals surface area contributed by atoms with E-state index in [0.717, 1.165) is 25.7 Å². The zero-order valence-corrected chi connectivity index (χ0v) is 17.9. The molecule has 0 aliphatic carbocycles. The lowest BCUT2D eigenvalue weighted by Crippen LogP contribution is -2.49. The van der Waals surface area contributed by atoms with Gasteiger partial charge in [-0.15, -0.1) is 0 Å². The van der Waals surface area contributed by atoms with Crippen molar-refractivity contribution < 1.29 is 18.3 Å². The van der Waals surface area contributed by atoms with Crippen LogP contribution in [-0.4, -0.2) is 33.9 Å². The van der Waals surface area contributed by atoms with Crippen molar-refractivity contribution in [1.29, 1.82) is 0 Å². The number of fused-ring (bicyclic) bond motifs is 3. The molecule has 162 valence electrons. The Labute approximate surface area is 183 Å². The van der Waals surface area contributed by atoms with Gasteiger partial charge >= 0.3 is 0 Å². The lowest BCUT2D eigenvalue weighted by Gasteiger charge is -2.39. The Bertz CT molecular complexity index is 1120. The van der Waals surface area contributed by atoms with E-state index in [9.17, 15) is 13.6 Å². The number of nitrogens with zero attached hydrogens (tertiary/aromatic N) is 2. The molecule has 2 fully saturated rings. The standard InChI is InChI=1S/C23H23F2N3O2S/c1-13(29)26-15-9-16-6-7-17(10-15)28(16)12-14-5-8-18(11-20(14)25)30-23-27-22-19(24)3-2-4-21(22)31-23/h2-5,8,11,15-17H,6-7,9-10,12H2,1H3,(H,26,29). The average molecular weight is 444 g/mol. The Hall–Kier alpha value is -2.58. The molecule has 1 amide bonds. The van der Waals surface area contributed by atoms with Gasteiger partial charge in [0, 0.05) is 43.2 Å². The largest absolute Gasteiger partial charge is 0.431 e. The van der Waals surface area contributed by atoms with E-state index in [4.69, 9.17) is 4.74 Å². The lowest BCUT2D eigenvalue weighted by molar-refractivity contribution is -0.120. The smallest absolute Gasteiger partial charge is 0.279 e. The molecule has 8 heteroatoms. The topological polar surface area (TPSA) is 54.5 Å². The summed E-state index contributed by atoms with van der Waals surface area (Å²) < 4.78 is 35.1. The normalized spacial score (nSPS) is 23.3. The molecule has 3 heterocycles. The first-order valence-electron chi connectivity index (χ1n) is 10.5. The van der Waals surface area contributed by atoms with Crippen molar-refractivity contribution in [2.75, 3.05) is 0 Å². The maximum Gasteiger partial charge on any atom is 0.279 e. The van der Waals surface area contributed by atoms with Gasteiger partial charge in [-0.05, 0) is 43.9 Å². The van der Waals surface area contributed by atoms with Crippen LogP contribution in [0.15, 0.2) is 36.4 Å². The predicted octanol–water partition coefficient (Wildman–Crippen LogP) is 5.00. The lowest BCUT2D eigenvalue weighted by atomic mass is 9.96. The van der Waals surface area contributed by atoms with E-state index in [0.29, 0.717) is 34.6 Å². The molecule has 1 aromatic heterocycles. The molecule has 2 aliphatic heterocycles. The minimum absolute atomic E-state index is 0.00958. The molecule has 0 spiro atoms. The maximum atomic E-state index is 14.9. The summed E-state index contributed by atoms with van der Waals surface area (Å²) in [4.78, 5) is 17.9. The fourth-order valence-electron chi connectivity index (χ4n) is 4.89. The van der Waals surface area contributed by atoms with E-state index in [1.54, 1.807) is 31.2 Å². The highest BCUT2D eigenvalue weighted by Gasteiger charge is 2.40. The molecule has 2 atom stereocenters. The average Bonchev–Trinajstić information content (AvgIpc) is 3.22. The van der Waals surface area contributed by atoms with Crippen molar-refractivity contribution >= 4 is 27.5 Å². The van der Waals surface area contributed by atoms with Gasteiger partial charge in [0.25, 0.3) is 5.19 Å². The second kappa shape index (κ2) is 8.16. The van der Waals surface area contributed by atoms with Gasteiger partial charge in [-0.1, -0.05) is 23.5 Å². The summed E-state index contributed by atoms with van der Waals surface area (Å²) in [6, 6.07) is 10.5. The first-order chi connectivity index (χ1) is 15.0. The Morgan fingerprint density at radius 3 is 2.65 bits per heavy atom. The second-order valence-corrected chi connectivity index (χ2v) is 9.34. The predicted molar refractivity (Wildman–Crippen MR) is 115 cm³/mol. The molecule has 5 rings (SSSR count). The number of carbonyl (C=O) groups excluding carboxylic acids is 1. The molecule has 2 aromatic carbocycles. The number of hydrogen-bond acceptors (Lipinski definition) is 5. The van der Waals surface area contributed by atoms with Gasteiger partial charge < -0.3 is 10.1 Å². The van der Waals surface area contributed by atoms with Crippen LogP contribution >= 0.6 is 11.3 Å². The molecule has 2 aliphatic rings. The molecular formula is C23H23F2N3O2S. The van der Waals surface area contributed by atoms with Crippen molar-refractivity contribution in [2.24, 2.45) is 0 Å².